The Balaban J connectivity index is 0.00000119. The predicted molar refractivity (Wildman–Crippen MR) is 136 cm³/mol. The Morgan fingerprint density at radius 2 is 1.55 bits per heavy atom. The van der Waals surface area contributed by atoms with Crippen molar-refractivity contribution in [1.82, 2.24) is 19.7 Å². The molecule has 0 saturated heterocycles. The summed E-state index contributed by atoms with van der Waals surface area (Å²) in [6.07, 6.45) is 3.76. The zero-order valence-electron chi connectivity index (χ0n) is 19.2. The maximum atomic E-state index is 5.78. The molecule has 3 heterocycles. The molecular formula is C24H37N5OS. The van der Waals surface area contributed by atoms with Crippen molar-refractivity contribution < 1.29 is 4.74 Å². The summed E-state index contributed by atoms with van der Waals surface area (Å²) in [6, 6.07) is 13.4. The van der Waals surface area contributed by atoms with E-state index in [1.807, 2.05) is 115 Å². The van der Waals surface area contributed by atoms with Crippen LogP contribution in [0.15, 0.2) is 54.9 Å². The Morgan fingerprint density at radius 3 is 2.13 bits per heavy atom. The lowest BCUT2D eigenvalue weighted by atomic mass is 10.3. The standard InChI is InChI=1S/C17H15N5OS.3C2H6.CH4/c1-21-11-12(10-18-21)22(2)17-19-14-8-9-15(20-16(14)24-17)23-13-6-4-3-5-7-13;3*1-2;/h3-11H,1-2H3;3*1-2H3;1H4. The van der Waals surface area contributed by atoms with E-state index in [2.05, 4.69) is 15.1 Å². The highest BCUT2D eigenvalue weighted by Gasteiger charge is 2.13. The first-order valence-corrected chi connectivity index (χ1v) is 11.2. The molecule has 4 aromatic rings. The highest BCUT2D eigenvalue weighted by atomic mass is 32.1. The number of thiazole rings is 1. The average molecular weight is 444 g/mol. The SMILES string of the molecule is C.CC.CC.CC.CN(c1cnn(C)c1)c1nc2ccc(Oc3ccccc3)nc2s1. The van der Waals surface area contributed by atoms with Crippen molar-refractivity contribution in [2.75, 3.05) is 11.9 Å². The van der Waals surface area contributed by atoms with Gasteiger partial charge in [0, 0.05) is 26.4 Å². The summed E-state index contributed by atoms with van der Waals surface area (Å²) < 4.78 is 7.55. The van der Waals surface area contributed by atoms with Crippen LogP contribution < -0.4 is 9.64 Å². The molecular weight excluding hydrogens is 406 g/mol. The number of fused-ring (bicyclic) bond motifs is 1. The topological polar surface area (TPSA) is 56.1 Å². The summed E-state index contributed by atoms with van der Waals surface area (Å²) in [6.45, 7) is 12.0. The van der Waals surface area contributed by atoms with Crippen molar-refractivity contribution in [1.29, 1.82) is 0 Å². The number of aryl methyl sites for hydroxylation is 1. The molecule has 0 saturated carbocycles. The normalized spacial score (nSPS) is 9.03. The predicted octanol–water partition coefficient (Wildman–Crippen LogP) is 7.70. The number of ether oxygens (including phenoxy) is 1. The van der Waals surface area contributed by atoms with Crippen molar-refractivity contribution in [3.05, 3.63) is 54.9 Å². The molecule has 6 nitrogen and oxygen atoms in total. The molecule has 170 valence electrons. The van der Waals surface area contributed by atoms with Crippen molar-refractivity contribution in [2.24, 2.45) is 7.05 Å². The zero-order chi connectivity index (χ0) is 22.5. The second-order valence-corrected chi connectivity index (χ2v) is 6.27. The van der Waals surface area contributed by atoms with Crippen LogP contribution in [-0.2, 0) is 7.05 Å². The van der Waals surface area contributed by atoms with Crippen molar-refractivity contribution in [3.8, 4) is 11.6 Å². The van der Waals surface area contributed by atoms with E-state index in [0.29, 0.717) is 5.88 Å². The van der Waals surface area contributed by atoms with Crippen molar-refractivity contribution in [2.45, 2.75) is 49.0 Å². The fraction of sp³-hybridized carbons (Fsp3) is 0.375. The minimum atomic E-state index is 0. The zero-order valence-corrected chi connectivity index (χ0v) is 20.1. The van der Waals surface area contributed by atoms with Crippen LogP contribution in [0.3, 0.4) is 0 Å². The molecule has 0 aliphatic rings. The van der Waals surface area contributed by atoms with Gasteiger partial charge in [0.1, 0.15) is 16.1 Å². The van der Waals surface area contributed by atoms with Gasteiger partial charge in [0.15, 0.2) is 5.13 Å². The third-order valence-corrected chi connectivity index (χ3v) is 4.59. The van der Waals surface area contributed by atoms with E-state index >= 15 is 0 Å². The van der Waals surface area contributed by atoms with Crippen LogP contribution in [0.5, 0.6) is 11.6 Å². The molecule has 7 heteroatoms. The van der Waals surface area contributed by atoms with E-state index in [0.717, 1.165) is 26.9 Å². The third kappa shape index (κ3) is 7.68. The summed E-state index contributed by atoms with van der Waals surface area (Å²) in [7, 11) is 3.86. The molecule has 4 rings (SSSR count). The first kappa shape index (κ1) is 28.1. The number of hydrogen-bond acceptors (Lipinski definition) is 6. The van der Waals surface area contributed by atoms with E-state index in [-0.39, 0.29) is 7.43 Å². The quantitative estimate of drug-likeness (QED) is 0.323. The Kier molecular flexibility index (Phi) is 13.5. The van der Waals surface area contributed by atoms with Gasteiger partial charge in [-0.05, 0) is 18.2 Å². The second kappa shape index (κ2) is 15.0. The number of anilines is 2. The van der Waals surface area contributed by atoms with Crippen LogP contribution in [0.4, 0.5) is 10.8 Å². The smallest absolute Gasteiger partial charge is 0.220 e. The van der Waals surface area contributed by atoms with Crippen molar-refractivity contribution >= 4 is 32.5 Å². The van der Waals surface area contributed by atoms with E-state index in [9.17, 15) is 0 Å². The highest BCUT2D eigenvalue weighted by Crippen LogP contribution is 2.32. The number of nitrogens with zero attached hydrogens (tertiary/aromatic N) is 5. The second-order valence-electron chi connectivity index (χ2n) is 5.32. The van der Waals surface area contributed by atoms with Gasteiger partial charge in [-0.15, -0.1) is 0 Å². The van der Waals surface area contributed by atoms with E-state index in [1.165, 1.54) is 11.3 Å². The van der Waals surface area contributed by atoms with E-state index in [4.69, 9.17) is 4.74 Å². The lowest BCUT2D eigenvalue weighted by molar-refractivity contribution is 0.465. The number of benzene rings is 1. The molecule has 0 atom stereocenters. The van der Waals surface area contributed by atoms with Crippen LogP contribution in [0.25, 0.3) is 10.3 Å². The average Bonchev–Trinajstić information content (AvgIpc) is 3.44. The van der Waals surface area contributed by atoms with Crippen LogP contribution in [0.1, 0.15) is 49.0 Å². The minimum absolute atomic E-state index is 0. The van der Waals surface area contributed by atoms with Gasteiger partial charge >= 0.3 is 0 Å². The molecule has 0 N–H and O–H groups in total. The number of aromatic nitrogens is 4. The molecule has 31 heavy (non-hydrogen) atoms. The maximum Gasteiger partial charge on any atom is 0.220 e. The number of pyridine rings is 1. The third-order valence-electron chi connectivity index (χ3n) is 3.55. The fourth-order valence-corrected chi connectivity index (χ4v) is 3.20. The van der Waals surface area contributed by atoms with E-state index in [1.54, 1.807) is 4.68 Å². The van der Waals surface area contributed by atoms with Gasteiger partial charge in [-0.3, -0.25) is 4.68 Å². The number of hydrogen-bond donors (Lipinski definition) is 0. The number of rotatable bonds is 4. The summed E-state index contributed by atoms with van der Waals surface area (Å²) in [5.41, 5.74) is 1.84. The van der Waals surface area contributed by atoms with Crippen molar-refractivity contribution in [3.63, 3.8) is 0 Å². The van der Waals surface area contributed by atoms with Crippen LogP contribution in [-0.4, -0.2) is 26.8 Å². The Labute approximate surface area is 191 Å². The van der Waals surface area contributed by atoms with Gasteiger partial charge < -0.3 is 9.64 Å². The van der Waals surface area contributed by atoms with Crippen LogP contribution >= 0.6 is 11.3 Å². The van der Waals surface area contributed by atoms with Gasteiger partial charge in [-0.25, -0.2) is 9.97 Å². The van der Waals surface area contributed by atoms with Gasteiger partial charge in [0.2, 0.25) is 5.88 Å². The van der Waals surface area contributed by atoms with Gasteiger partial charge in [-0.2, -0.15) is 5.10 Å². The summed E-state index contributed by atoms with van der Waals surface area (Å²) >= 11 is 1.52. The lowest BCUT2D eigenvalue weighted by Gasteiger charge is -2.11. The molecule has 0 fully saturated rings. The molecule has 0 unspecified atom stereocenters. The molecule has 3 aromatic heterocycles. The molecule has 0 amide bonds. The largest absolute Gasteiger partial charge is 0.439 e. The maximum absolute atomic E-state index is 5.78. The molecule has 0 radical (unpaired) electrons. The lowest BCUT2D eigenvalue weighted by Crippen LogP contribution is -2.07. The molecule has 0 aliphatic heterocycles. The molecule has 0 aliphatic carbocycles. The number of para-hydroxylation sites is 1. The fourth-order valence-electron chi connectivity index (χ4n) is 2.29. The summed E-state index contributed by atoms with van der Waals surface area (Å²) in [5.74, 6) is 1.33. The van der Waals surface area contributed by atoms with Gasteiger partial charge in [0.25, 0.3) is 0 Å². The summed E-state index contributed by atoms with van der Waals surface area (Å²) in [4.78, 5) is 12.0. The summed E-state index contributed by atoms with van der Waals surface area (Å²) in [5, 5.41) is 5.06. The Hall–Kier alpha value is -2.93. The highest BCUT2D eigenvalue weighted by molar-refractivity contribution is 7.21. The minimum Gasteiger partial charge on any atom is -0.439 e. The van der Waals surface area contributed by atoms with E-state index < -0.39 is 0 Å². The Bertz CT molecular complexity index is 982. The van der Waals surface area contributed by atoms with Gasteiger partial charge in [-0.1, -0.05) is 78.5 Å². The van der Waals surface area contributed by atoms with Gasteiger partial charge in [0.05, 0.1) is 11.9 Å². The molecule has 1 aromatic carbocycles. The molecule has 0 spiro atoms. The first-order valence-electron chi connectivity index (χ1n) is 10.4. The first-order chi connectivity index (χ1) is 14.7. The Morgan fingerprint density at radius 1 is 0.903 bits per heavy atom. The molecule has 0 bridgehead atoms. The monoisotopic (exact) mass is 443 g/mol. The van der Waals surface area contributed by atoms with Crippen LogP contribution in [0, 0.1) is 0 Å². The van der Waals surface area contributed by atoms with Crippen LogP contribution in [0.2, 0.25) is 0 Å².